The van der Waals surface area contributed by atoms with Crippen LogP contribution >= 0.6 is 0 Å². The number of hydrogen-bond donors (Lipinski definition) is 2. The van der Waals surface area contributed by atoms with Crippen LogP contribution in [0.4, 0.5) is 11.6 Å². The van der Waals surface area contributed by atoms with E-state index in [2.05, 4.69) is 20.2 Å². The lowest BCUT2D eigenvalue weighted by molar-refractivity contribution is 0.103. The molecule has 0 aliphatic carbocycles. The summed E-state index contributed by atoms with van der Waals surface area (Å²) in [6, 6.07) is 15.4. The monoisotopic (exact) mass is 387 g/mol. The van der Waals surface area contributed by atoms with E-state index in [9.17, 15) is 4.79 Å². The first-order valence-corrected chi connectivity index (χ1v) is 9.92. The molecule has 0 bridgehead atoms. The number of pyridine rings is 2. The molecule has 3 aromatic rings. The van der Waals surface area contributed by atoms with Crippen LogP contribution in [0.5, 0.6) is 0 Å². The third kappa shape index (κ3) is 4.12. The molecular weight excluding hydrogens is 362 g/mol. The number of benzene rings is 1. The van der Waals surface area contributed by atoms with Crippen molar-refractivity contribution in [2.75, 3.05) is 36.8 Å². The molecule has 0 spiro atoms. The maximum Gasteiger partial charge on any atom is 0.215 e. The molecule has 6 nitrogen and oxygen atoms in total. The number of hydrogen-bond acceptors (Lipinski definition) is 6. The van der Waals surface area contributed by atoms with E-state index < -0.39 is 0 Å². The van der Waals surface area contributed by atoms with Crippen molar-refractivity contribution in [2.24, 2.45) is 0 Å². The molecule has 1 aliphatic heterocycles. The normalized spacial score (nSPS) is 14.4. The second kappa shape index (κ2) is 8.41. The van der Waals surface area contributed by atoms with Gasteiger partial charge in [-0.3, -0.25) is 4.79 Å². The SMILES string of the molecule is Cc1ccccc1-c1cnc(N)c(C(=O)c2cccc(N3CCCNCC3)n2)c1. The molecule has 0 atom stereocenters. The number of rotatable bonds is 4. The van der Waals surface area contributed by atoms with Crippen molar-refractivity contribution < 1.29 is 4.79 Å². The minimum absolute atomic E-state index is 0.208. The molecule has 2 aromatic heterocycles. The minimum Gasteiger partial charge on any atom is -0.383 e. The fourth-order valence-electron chi connectivity index (χ4n) is 3.64. The average molecular weight is 387 g/mol. The summed E-state index contributed by atoms with van der Waals surface area (Å²) in [6.45, 7) is 5.74. The second-order valence-electron chi connectivity index (χ2n) is 7.27. The largest absolute Gasteiger partial charge is 0.383 e. The third-order valence-electron chi connectivity index (χ3n) is 5.25. The summed E-state index contributed by atoms with van der Waals surface area (Å²) in [6.07, 6.45) is 2.76. The predicted octanol–water partition coefficient (Wildman–Crippen LogP) is 3.06. The highest BCUT2D eigenvalue weighted by Gasteiger charge is 2.18. The summed E-state index contributed by atoms with van der Waals surface area (Å²) in [5, 5.41) is 3.38. The van der Waals surface area contributed by atoms with Gasteiger partial charge in [0.25, 0.3) is 0 Å². The van der Waals surface area contributed by atoms with Gasteiger partial charge < -0.3 is 16.0 Å². The Hall–Kier alpha value is -3.25. The lowest BCUT2D eigenvalue weighted by Crippen LogP contribution is -2.29. The fourth-order valence-corrected chi connectivity index (χ4v) is 3.64. The lowest BCUT2D eigenvalue weighted by Gasteiger charge is -2.21. The zero-order valence-electron chi connectivity index (χ0n) is 16.6. The van der Waals surface area contributed by atoms with Gasteiger partial charge >= 0.3 is 0 Å². The van der Waals surface area contributed by atoms with Crippen molar-refractivity contribution in [3.8, 4) is 11.1 Å². The number of anilines is 2. The Bertz CT molecular complexity index is 1030. The molecule has 4 rings (SSSR count). The summed E-state index contributed by atoms with van der Waals surface area (Å²) in [4.78, 5) is 24.4. The molecule has 0 saturated carbocycles. The number of aryl methyl sites for hydroxylation is 1. The van der Waals surface area contributed by atoms with Crippen LogP contribution in [0.15, 0.2) is 54.7 Å². The number of carbonyl (C=O) groups excluding carboxylic acids is 1. The van der Waals surface area contributed by atoms with Gasteiger partial charge in [0, 0.05) is 31.4 Å². The topological polar surface area (TPSA) is 84.1 Å². The highest BCUT2D eigenvalue weighted by molar-refractivity contribution is 6.11. The van der Waals surface area contributed by atoms with E-state index in [1.54, 1.807) is 12.3 Å². The number of nitrogen functional groups attached to an aromatic ring is 1. The molecular formula is C23H25N5O. The molecule has 1 fully saturated rings. The Balaban J connectivity index is 1.67. The van der Waals surface area contributed by atoms with Gasteiger partial charge in [0.05, 0.1) is 5.56 Å². The van der Waals surface area contributed by atoms with Crippen molar-refractivity contribution in [1.82, 2.24) is 15.3 Å². The van der Waals surface area contributed by atoms with E-state index in [4.69, 9.17) is 5.73 Å². The van der Waals surface area contributed by atoms with Crippen LogP contribution in [0.25, 0.3) is 11.1 Å². The van der Waals surface area contributed by atoms with Crippen LogP contribution < -0.4 is 16.0 Å². The van der Waals surface area contributed by atoms with E-state index in [0.717, 1.165) is 55.1 Å². The van der Waals surface area contributed by atoms with Gasteiger partial charge in [-0.2, -0.15) is 0 Å². The first-order valence-electron chi connectivity index (χ1n) is 9.92. The Labute approximate surface area is 170 Å². The Morgan fingerprint density at radius 3 is 2.83 bits per heavy atom. The number of carbonyl (C=O) groups is 1. The Kier molecular flexibility index (Phi) is 5.53. The standard InChI is InChI=1S/C23H25N5O/c1-16-6-2-3-7-18(16)17-14-19(23(24)26-15-17)22(29)20-8-4-9-21(27-20)28-12-5-10-25-11-13-28/h2-4,6-9,14-15,25H,5,10-13H2,1H3,(H2,24,26). The average Bonchev–Trinajstić information content (AvgIpc) is 3.04. The van der Waals surface area contributed by atoms with Crippen LogP contribution in [0.1, 0.15) is 28.0 Å². The zero-order chi connectivity index (χ0) is 20.2. The van der Waals surface area contributed by atoms with Gasteiger partial charge in [0.15, 0.2) is 0 Å². The second-order valence-corrected chi connectivity index (χ2v) is 7.27. The molecule has 1 saturated heterocycles. The highest BCUT2D eigenvalue weighted by atomic mass is 16.1. The summed E-state index contributed by atoms with van der Waals surface area (Å²) in [7, 11) is 0. The number of aromatic nitrogens is 2. The molecule has 0 radical (unpaired) electrons. The quantitative estimate of drug-likeness (QED) is 0.670. The molecule has 0 unspecified atom stereocenters. The molecule has 29 heavy (non-hydrogen) atoms. The van der Waals surface area contributed by atoms with Gasteiger partial charge in [-0.15, -0.1) is 0 Å². The number of ketones is 1. The maximum atomic E-state index is 13.2. The van der Waals surface area contributed by atoms with E-state index in [0.29, 0.717) is 11.3 Å². The van der Waals surface area contributed by atoms with Crippen LogP contribution in [-0.4, -0.2) is 41.9 Å². The molecule has 1 aliphatic rings. The summed E-state index contributed by atoms with van der Waals surface area (Å²) >= 11 is 0. The lowest BCUT2D eigenvalue weighted by atomic mass is 9.99. The number of nitrogens with two attached hydrogens (primary N) is 1. The van der Waals surface area contributed by atoms with Gasteiger partial charge in [0.2, 0.25) is 5.78 Å². The predicted molar refractivity (Wildman–Crippen MR) is 116 cm³/mol. The molecule has 148 valence electrons. The highest BCUT2D eigenvalue weighted by Crippen LogP contribution is 2.26. The first-order chi connectivity index (χ1) is 14.1. The van der Waals surface area contributed by atoms with E-state index in [-0.39, 0.29) is 11.6 Å². The van der Waals surface area contributed by atoms with Gasteiger partial charge in [0.1, 0.15) is 17.3 Å². The first kappa shape index (κ1) is 19.1. The van der Waals surface area contributed by atoms with E-state index >= 15 is 0 Å². The van der Waals surface area contributed by atoms with Crippen LogP contribution in [-0.2, 0) is 0 Å². The summed E-state index contributed by atoms with van der Waals surface area (Å²) < 4.78 is 0. The van der Waals surface area contributed by atoms with Crippen molar-refractivity contribution in [2.45, 2.75) is 13.3 Å². The van der Waals surface area contributed by atoms with E-state index in [1.807, 2.05) is 49.4 Å². The minimum atomic E-state index is -0.208. The fraction of sp³-hybridized carbons (Fsp3) is 0.261. The molecule has 3 N–H and O–H groups in total. The van der Waals surface area contributed by atoms with Crippen LogP contribution in [0.3, 0.4) is 0 Å². The smallest absolute Gasteiger partial charge is 0.215 e. The van der Waals surface area contributed by atoms with Crippen LogP contribution in [0.2, 0.25) is 0 Å². The molecule has 0 amide bonds. The van der Waals surface area contributed by atoms with Gasteiger partial charge in [-0.05, 0) is 49.2 Å². The maximum absolute atomic E-state index is 13.2. The Morgan fingerprint density at radius 1 is 1.10 bits per heavy atom. The van der Waals surface area contributed by atoms with Crippen LogP contribution in [0, 0.1) is 6.92 Å². The van der Waals surface area contributed by atoms with Crippen molar-refractivity contribution in [3.05, 3.63) is 71.5 Å². The molecule has 3 heterocycles. The molecule has 6 heteroatoms. The van der Waals surface area contributed by atoms with E-state index in [1.165, 1.54) is 0 Å². The third-order valence-corrected chi connectivity index (χ3v) is 5.25. The van der Waals surface area contributed by atoms with Crippen molar-refractivity contribution in [3.63, 3.8) is 0 Å². The summed E-state index contributed by atoms with van der Waals surface area (Å²) in [5.74, 6) is 0.833. The Morgan fingerprint density at radius 2 is 1.97 bits per heavy atom. The van der Waals surface area contributed by atoms with Gasteiger partial charge in [-0.1, -0.05) is 30.3 Å². The summed E-state index contributed by atoms with van der Waals surface area (Å²) in [5.41, 5.74) is 9.86. The van der Waals surface area contributed by atoms with Gasteiger partial charge in [-0.25, -0.2) is 9.97 Å². The zero-order valence-corrected chi connectivity index (χ0v) is 16.6. The van der Waals surface area contributed by atoms with Crippen molar-refractivity contribution in [1.29, 1.82) is 0 Å². The van der Waals surface area contributed by atoms with Crippen molar-refractivity contribution >= 4 is 17.4 Å². The molecule has 1 aromatic carbocycles. The number of nitrogens with one attached hydrogen (secondary N) is 1. The number of nitrogens with zero attached hydrogens (tertiary/aromatic N) is 3.